The summed E-state index contributed by atoms with van der Waals surface area (Å²) in [6, 6.07) is 0. The van der Waals surface area contributed by atoms with Crippen LogP contribution in [0.15, 0.2) is 23.8 Å². The molecule has 0 amide bonds. The monoisotopic (exact) mass is 198 g/mol. The fourth-order valence-corrected chi connectivity index (χ4v) is 1.23. The summed E-state index contributed by atoms with van der Waals surface area (Å²) in [6.45, 7) is 1.44. The number of hydrogen-bond donors (Lipinski definition) is 3. The zero-order chi connectivity index (χ0) is 10.9. The molecule has 1 rings (SSSR count). The second kappa shape index (κ2) is 3.26. The van der Waals surface area contributed by atoms with Gasteiger partial charge in [0.15, 0.2) is 5.60 Å². The van der Waals surface area contributed by atoms with Gasteiger partial charge in [-0.1, -0.05) is 13.0 Å². The van der Waals surface area contributed by atoms with Crippen LogP contribution in [0.1, 0.15) is 6.92 Å². The van der Waals surface area contributed by atoms with Crippen molar-refractivity contribution in [2.75, 3.05) is 0 Å². The third kappa shape index (κ3) is 1.54. The van der Waals surface area contributed by atoms with Gasteiger partial charge in [0, 0.05) is 5.92 Å². The molecule has 0 aliphatic heterocycles. The topological polar surface area (TPSA) is 94.8 Å². The lowest BCUT2D eigenvalue weighted by molar-refractivity contribution is -0.156. The second-order valence-electron chi connectivity index (χ2n) is 3.18. The molecule has 0 fully saturated rings. The standard InChI is InChI=1S/C9H10O5/c1-5-4-6(7(10)11)2-3-9(5,14)8(12)13/h2-5,14H,1H3,(H,10,11)(H,12,13). The molecule has 0 aromatic carbocycles. The summed E-state index contributed by atoms with van der Waals surface area (Å²) in [5.41, 5.74) is -2.01. The van der Waals surface area contributed by atoms with Gasteiger partial charge in [-0.2, -0.15) is 0 Å². The smallest absolute Gasteiger partial charge is 0.340 e. The summed E-state index contributed by atoms with van der Waals surface area (Å²) in [5.74, 6) is -3.29. The number of carbonyl (C=O) groups is 2. The maximum Gasteiger partial charge on any atom is 0.340 e. The number of carboxylic acid groups (broad SMARTS) is 2. The van der Waals surface area contributed by atoms with E-state index in [0.717, 1.165) is 12.2 Å². The predicted molar refractivity (Wildman–Crippen MR) is 46.6 cm³/mol. The van der Waals surface area contributed by atoms with Gasteiger partial charge in [-0.05, 0) is 12.2 Å². The summed E-state index contributed by atoms with van der Waals surface area (Å²) in [7, 11) is 0. The Hall–Kier alpha value is -1.62. The molecule has 1 aliphatic carbocycles. The number of rotatable bonds is 2. The van der Waals surface area contributed by atoms with E-state index in [0.29, 0.717) is 0 Å². The van der Waals surface area contributed by atoms with Crippen molar-refractivity contribution in [1.82, 2.24) is 0 Å². The first-order chi connectivity index (χ1) is 6.38. The summed E-state index contributed by atoms with van der Waals surface area (Å²) in [6.07, 6.45) is 3.30. The van der Waals surface area contributed by atoms with E-state index in [2.05, 4.69) is 0 Å². The lowest BCUT2D eigenvalue weighted by Crippen LogP contribution is -2.43. The van der Waals surface area contributed by atoms with Crippen molar-refractivity contribution in [1.29, 1.82) is 0 Å². The Morgan fingerprint density at radius 2 is 2.00 bits per heavy atom. The zero-order valence-electron chi connectivity index (χ0n) is 7.47. The van der Waals surface area contributed by atoms with E-state index in [1.807, 2.05) is 0 Å². The number of aliphatic carboxylic acids is 2. The minimum Gasteiger partial charge on any atom is -0.479 e. The highest BCUT2D eigenvalue weighted by Gasteiger charge is 2.40. The molecule has 0 bridgehead atoms. The van der Waals surface area contributed by atoms with E-state index < -0.39 is 23.5 Å². The lowest BCUT2D eigenvalue weighted by atomic mass is 9.83. The van der Waals surface area contributed by atoms with E-state index in [9.17, 15) is 14.7 Å². The average Bonchev–Trinajstić information content (AvgIpc) is 2.09. The first kappa shape index (κ1) is 10.5. The van der Waals surface area contributed by atoms with E-state index in [1.54, 1.807) is 0 Å². The highest BCUT2D eigenvalue weighted by molar-refractivity contribution is 5.92. The molecule has 2 unspecified atom stereocenters. The van der Waals surface area contributed by atoms with Crippen molar-refractivity contribution in [3.63, 3.8) is 0 Å². The summed E-state index contributed by atoms with van der Waals surface area (Å²) >= 11 is 0. The Morgan fingerprint density at radius 3 is 2.36 bits per heavy atom. The van der Waals surface area contributed by atoms with Crippen LogP contribution in [0, 0.1) is 5.92 Å². The SMILES string of the molecule is CC1C=C(C(=O)O)C=CC1(O)C(=O)O. The molecule has 76 valence electrons. The van der Waals surface area contributed by atoms with Crippen molar-refractivity contribution < 1.29 is 24.9 Å². The van der Waals surface area contributed by atoms with Crippen molar-refractivity contribution in [2.24, 2.45) is 5.92 Å². The van der Waals surface area contributed by atoms with Gasteiger partial charge in [-0.3, -0.25) is 0 Å². The molecular weight excluding hydrogens is 188 g/mol. The van der Waals surface area contributed by atoms with Crippen LogP contribution in [0.3, 0.4) is 0 Å². The van der Waals surface area contributed by atoms with Gasteiger partial charge in [0.05, 0.1) is 5.57 Å². The quantitative estimate of drug-likeness (QED) is 0.581. The molecule has 0 heterocycles. The average molecular weight is 198 g/mol. The molecule has 0 saturated carbocycles. The first-order valence-electron chi connectivity index (χ1n) is 3.98. The number of carboxylic acids is 2. The van der Waals surface area contributed by atoms with Gasteiger partial charge in [0.2, 0.25) is 0 Å². The van der Waals surface area contributed by atoms with Crippen LogP contribution in [0.4, 0.5) is 0 Å². The molecule has 0 aromatic rings. The molecule has 3 N–H and O–H groups in total. The van der Waals surface area contributed by atoms with Gasteiger partial charge in [0.25, 0.3) is 0 Å². The minimum absolute atomic E-state index is 0.0107. The van der Waals surface area contributed by atoms with Gasteiger partial charge >= 0.3 is 11.9 Å². The van der Waals surface area contributed by atoms with Crippen LogP contribution >= 0.6 is 0 Å². The molecule has 0 aromatic heterocycles. The third-order valence-corrected chi connectivity index (χ3v) is 2.23. The molecule has 2 atom stereocenters. The van der Waals surface area contributed by atoms with Crippen molar-refractivity contribution in [3.05, 3.63) is 23.8 Å². The summed E-state index contributed by atoms with van der Waals surface area (Å²) < 4.78 is 0. The Bertz CT molecular complexity index is 341. The lowest BCUT2D eigenvalue weighted by Gasteiger charge is -2.27. The molecular formula is C9H10O5. The van der Waals surface area contributed by atoms with Gasteiger partial charge < -0.3 is 15.3 Å². The van der Waals surface area contributed by atoms with E-state index in [-0.39, 0.29) is 5.57 Å². The number of aliphatic hydroxyl groups is 1. The molecule has 5 heteroatoms. The van der Waals surface area contributed by atoms with Crippen LogP contribution < -0.4 is 0 Å². The first-order valence-corrected chi connectivity index (χ1v) is 3.98. The number of hydrogen-bond acceptors (Lipinski definition) is 3. The Kier molecular flexibility index (Phi) is 2.44. The Morgan fingerprint density at radius 1 is 1.43 bits per heavy atom. The summed E-state index contributed by atoms with van der Waals surface area (Å²) in [4.78, 5) is 21.2. The van der Waals surface area contributed by atoms with Gasteiger partial charge in [0.1, 0.15) is 0 Å². The maximum absolute atomic E-state index is 10.7. The molecule has 14 heavy (non-hydrogen) atoms. The van der Waals surface area contributed by atoms with Crippen LogP contribution in [-0.2, 0) is 9.59 Å². The highest BCUT2D eigenvalue weighted by Crippen LogP contribution is 2.27. The fraction of sp³-hybridized carbons (Fsp3) is 0.333. The fourth-order valence-electron chi connectivity index (χ4n) is 1.23. The predicted octanol–water partition coefficient (Wildman–Crippen LogP) is 0.0190. The minimum atomic E-state index is -2.00. The molecule has 0 spiro atoms. The summed E-state index contributed by atoms with van der Waals surface area (Å²) in [5, 5.41) is 26.9. The van der Waals surface area contributed by atoms with Gasteiger partial charge in [-0.25, -0.2) is 9.59 Å². The molecule has 0 radical (unpaired) electrons. The van der Waals surface area contributed by atoms with E-state index >= 15 is 0 Å². The van der Waals surface area contributed by atoms with Crippen molar-refractivity contribution in [2.45, 2.75) is 12.5 Å². The van der Waals surface area contributed by atoms with Crippen molar-refractivity contribution in [3.8, 4) is 0 Å². The van der Waals surface area contributed by atoms with Crippen LogP contribution in [0.2, 0.25) is 0 Å². The molecule has 1 aliphatic rings. The maximum atomic E-state index is 10.7. The van der Waals surface area contributed by atoms with Crippen molar-refractivity contribution >= 4 is 11.9 Å². The molecule has 5 nitrogen and oxygen atoms in total. The van der Waals surface area contributed by atoms with Crippen LogP contribution in [-0.4, -0.2) is 32.9 Å². The van der Waals surface area contributed by atoms with Crippen LogP contribution in [0.25, 0.3) is 0 Å². The molecule has 0 saturated heterocycles. The van der Waals surface area contributed by atoms with Gasteiger partial charge in [-0.15, -0.1) is 0 Å². The second-order valence-corrected chi connectivity index (χ2v) is 3.18. The van der Waals surface area contributed by atoms with Crippen LogP contribution in [0.5, 0.6) is 0 Å². The van der Waals surface area contributed by atoms with E-state index in [4.69, 9.17) is 10.2 Å². The third-order valence-electron chi connectivity index (χ3n) is 2.23. The zero-order valence-corrected chi connectivity index (χ0v) is 7.47. The Labute approximate surface area is 80.0 Å². The Balaban J connectivity index is 3.02. The highest BCUT2D eigenvalue weighted by atomic mass is 16.4. The normalized spacial score (nSPS) is 31.0. The largest absolute Gasteiger partial charge is 0.479 e. The van der Waals surface area contributed by atoms with E-state index in [1.165, 1.54) is 13.0 Å².